The minimum Gasteiger partial charge on any atom is -0.457 e. The largest absolute Gasteiger partial charge is 0.457 e. The molecule has 2 N–H and O–H groups in total. The van der Waals surface area contributed by atoms with E-state index in [1.54, 1.807) is 23.1 Å². The predicted octanol–water partition coefficient (Wildman–Crippen LogP) is 2.21. The van der Waals surface area contributed by atoms with Gasteiger partial charge in [0.15, 0.2) is 0 Å². The summed E-state index contributed by atoms with van der Waals surface area (Å²) >= 11 is 0. The number of amides is 2. The summed E-state index contributed by atoms with van der Waals surface area (Å²) in [6.45, 7) is 3.50. The molecule has 2 aromatic carbocycles. The molecule has 4 rings (SSSR count). The van der Waals surface area contributed by atoms with Gasteiger partial charge in [0.1, 0.15) is 11.5 Å². The third-order valence-electron chi connectivity index (χ3n) is 4.73. The molecule has 1 aromatic heterocycles. The van der Waals surface area contributed by atoms with Crippen LogP contribution in [-0.4, -0.2) is 62.6 Å². The molecule has 2 amide bonds. The van der Waals surface area contributed by atoms with Gasteiger partial charge in [-0.1, -0.05) is 23.3 Å². The Morgan fingerprint density at radius 3 is 2.63 bits per heavy atom. The fraction of sp³-hybridized carbons (Fsp3) is 0.250. The normalized spacial score (nSPS) is 14.2. The number of piperazine rings is 1. The van der Waals surface area contributed by atoms with Crippen molar-refractivity contribution in [1.82, 2.24) is 30.4 Å². The maximum absolute atomic E-state index is 12.2. The lowest BCUT2D eigenvalue weighted by molar-refractivity contribution is 0.143. The monoisotopic (exact) mass is 404 g/mol. The van der Waals surface area contributed by atoms with Gasteiger partial charge in [-0.05, 0) is 41.1 Å². The number of nitriles is 1. The van der Waals surface area contributed by atoms with Gasteiger partial charge < -0.3 is 9.64 Å². The molecular formula is C20H20N8O2. The number of hydrogen-bond donors (Lipinski definition) is 2. The first-order chi connectivity index (χ1) is 14.7. The van der Waals surface area contributed by atoms with E-state index in [2.05, 4.69) is 36.9 Å². The minimum atomic E-state index is -0.231. The molecule has 30 heavy (non-hydrogen) atoms. The van der Waals surface area contributed by atoms with Crippen LogP contribution in [0.1, 0.15) is 11.1 Å². The smallest absolute Gasteiger partial charge is 0.324 e. The third-order valence-corrected chi connectivity index (χ3v) is 4.73. The molecule has 3 aromatic rings. The first-order valence-corrected chi connectivity index (χ1v) is 9.48. The van der Waals surface area contributed by atoms with Crippen LogP contribution >= 0.6 is 0 Å². The Labute approximate surface area is 173 Å². The van der Waals surface area contributed by atoms with E-state index < -0.39 is 0 Å². The molecule has 0 radical (unpaired) electrons. The zero-order valence-electron chi connectivity index (χ0n) is 16.2. The van der Waals surface area contributed by atoms with Crippen LogP contribution in [0.2, 0.25) is 0 Å². The Morgan fingerprint density at radius 1 is 1.13 bits per heavy atom. The molecule has 1 saturated heterocycles. The SMILES string of the molecule is N#Cc1cccc(Oc2cccc(CN3CCN(C(=O)Nc4nn[nH]n4)CC3)c2)c1. The van der Waals surface area contributed by atoms with Gasteiger partial charge in [-0.3, -0.25) is 10.2 Å². The average molecular weight is 404 g/mol. The second kappa shape index (κ2) is 9.02. The molecule has 0 atom stereocenters. The van der Waals surface area contributed by atoms with Crippen LogP contribution in [0.5, 0.6) is 11.5 Å². The predicted molar refractivity (Wildman–Crippen MR) is 108 cm³/mol. The minimum absolute atomic E-state index is 0.166. The van der Waals surface area contributed by atoms with Gasteiger partial charge >= 0.3 is 6.03 Å². The van der Waals surface area contributed by atoms with E-state index in [-0.39, 0.29) is 12.0 Å². The van der Waals surface area contributed by atoms with E-state index in [4.69, 9.17) is 10.00 Å². The molecule has 0 unspecified atom stereocenters. The summed E-state index contributed by atoms with van der Waals surface area (Å²) in [5, 5.41) is 24.8. The van der Waals surface area contributed by atoms with Gasteiger partial charge in [0.25, 0.3) is 5.95 Å². The number of nitrogens with one attached hydrogen (secondary N) is 2. The highest BCUT2D eigenvalue weighted by Gasteiger charge is 2.22. The summed E-state index contributed by atoms with van der Waals surface area (Å²) < 4.78 is 5.90. The topological polar surface area (TPSA) is 123 Å². The molecule has 0 aliphatic carbocycles. The first-order valence-electron chi connectivity index (χ1n) is 9.48. The van der Waals surface area contributed by atoms with Gasteiger partial charge in [-0.15, -0.1) is 5.10 Å². The lowest BCUT2D eigenvalue weighted by Gasteiger charge is -2.34. The number of carbonyl (C=O) groups excluding carboxylic acids is 1. The van der Waals surface area contributed by atoms with Gasteiger partial charge in [-0.2, -0.15) is 10.5 Å². The number of tetrazole rings is 1. The van der Waals surface area contributed by atoms with Crippen molar-refractivity contribution in [3.05, 3.63) is 59.7 Å². The van der Waals surface area contributed by atoms with Crippen LogP contribution in [0, 0.1) is 11.3 Å². The van der Waals surface area contributed by atoms with E-state index in [1.807, 2.05) is 30.3 Å². The summed E-state index contributed by atoms with van der Waals surface area (Å²) in [7, 11) is 0. The molecule has 152 valence electrons. The zero-order valence-corrected chi connectivity index (χ0v) is 16.2. The number of nitrogens with zero attached hydrogens (tertiary/aromatic N) is 6. The van der Waals surface area contributed by atoms with E-state index in [9.17, 15) is 4.79 Å². The van der Waals surface area contributed by atoms with Crippen LogP contribution in [0.15, 0.2) is 48.5 Å². The maximum Gasteiger partial charge on any atom is 0.324 e. The molecule has 0 saturated carbocycles. The number of hydrogen-bond acceptors (Lipinski definition) is 7. The Kier molecular flexibility index (Phi) is 5.82. The van der Waals surface area contributed by atoms with Crippen molar-refractivity contribution in [2.75, 3.05) is 31.5 Å². The van der Waals surface area contributed by atoms with Crippen LogP contribution in [0.3, 0.4) is 0 Å². The van der Waals surface area contributed by atoms with Gasteiger partial charge in [0, 0.05) is 32.7 Å². The molecule has 1 fully saturated rings. The van der Waals surface area contributed by atoms with E-state index in [1.165, 1.54) is 0 Å². The number of benzene rings is 2. The van der Waals surface area contributed by atoms with Crippen molar-refractivity contribution in [2.45, 2.75) is 6.54 Å². The number of aromatic nitrogens is 4. The van der Waals surface area contributed by atoms with Gasteiger partial charge in [-0.25, -0.2) is 4.79 Å². The molecular weight excluding hydrogens is 384 g/mol. The highest BCUT2D eigenvalue weighted by atomic mass is 16.5. The standard InChI is InChI=1S/C20H20N8O2/c21-13-15-3-1-5-17(11-15)30-18-6-2-4-16(12-18)14-27-7-9-28(10-8-27)20(29)22-19-23-25-26-24-19/h1-6,11-12H,7-10,14H2,(H2,22,23,24,25,26,29). The van der Waals surface area contributed by atoms with Crippen molar-refractivity contribution < 1.29 is 9.53 Å². The number of urea groups is 1. The van der Waals surface area contributed by atoms with Crippen LogP contribution in [0.25, 0.3) is 0 Å². The molecule has 1 aliphatic heterocycles. The van der Waals surface area contributed by atoms with Gasteiger partial charge in [0.05, 0.1) is 11.6 Å². The average Bonchev–Trinajstić information content (AvgIpc) is 3.28. The first kappa shape index (κ1) is 19.4. The number of carbonyl (C=O) groups is 1. The number of rotatable bonds is 5. The zero-order chi connectivity index (χ0) is 20.8. The summed E-state index contributed by atoms with van der Waals surface area (Å²) in [6.07, 6.45) is 0. The Bertz CT molecular complexity index is 1040. The fourth-order valence-corrected chi connectivity index (χ4v) is 3.23. The third kappa shape index (κ3) is 4.89. The van der Waals surface area contributed by atoms with E-state index in [0.717, 1.165) is 30.9 Å². The molecule has 0 spiro atoms. The fourth-order valence-electron chi connectivity index (χ4n) is 3.23. The maximum atomic E-state index is 12.2. The van der Waals surface area contributed by atoms with Crippen molar-refractivity contribution in [3.8, 4) is 17.6 Å². The molecule has 0 bridgehead atoms. The highest BCUT2D eigenvalue weighted by molar-refractivity contribution is 5.87. The second-order valence-electron chi connectivity index (χ2n) is 6.82. The van der Waals surface area contributed by atoms with E-state index in [0.29, 0.717) is 24.4 Å². The number of ether oxygens (including phenoxy) is 1. The molecule has 2 heterocycles. The van der Waals surface area contributed by atoms with Gasteiger partial charge in [0.2, 0.25) is 0 Å². The Balaban J connectivity index is 1.30. The van der Waals surface area contributed by atoms with Crippen molar-refractivity contribution in [2.24, 2.45) is 0 Å². The van der Waals surface area contributed by atoms with E-state index >= 15 is 0 Å². The van der Waals surface area contributed by atoms with Crippen molar-refractivity contribution >= 4 is 12.0 Å². The second-order valence-corrected chi connectivity index (χ2v) is 6.82. The number of anilines is 1. The number of aromatic amines is 1. The Morgan fingerprint density at radius 2 is 1.90 bits per heavy atom. The quantitative estimate of drug-likeness (QED) is 0.668. The number of H-pyrrole nitrogens is 1. The summed E-state index contributed by atoms with van der Waals surface area (Å²) in [5.74, 6) is 1.52. The van der Waals surface area contributed by atoms with Crippen LogP contribution < -0.4 is 10.1 Å². The summed E-state index contributed by atoms with van der Waals surface area (Å²) in [4.78, 5) is 16.2. The molecule has 10 nitrogen and oxygen atoms in total. The molecule has 10 heteroatoms. The lowest BCUT2D eigenvalue weighted by Crippen LogP contribution is -2.49. The van der Waals surface area contributed by atoms with Crippen molar-refractivity contribution in [3.63, 3.8) is 0 Å². The summed E-state index contributed by atoms with van der Waals surface area (Å²) in [5.41, 5.74) is 1.68. The summed E-state index contributed by atoms with van der Waals surface area (Å²) in [6, 6.07) is 16.8. The van der Waals surface area contributed by atoms with Crippen LogP contribution in [0.4, 0.5) is 10.7 Å². The highest BCUT2D eigenvalue weighted by Crippen LogP contribution is 2.23. The Hall–Kier alpha value is -3.97. The van der Waals surface area contributed by atoms with Crippen LogP contribution in [-0.2, 0) is 6.54 Å². The lowest BCUT2D eigenvalue weighted by atomic mass is 10.2. The van der Waals surface area contributed by atoms with Crippen molar-refractivity contribution in [1.29, 1.82) is 5.26 Å². The molecule has 1 aliphatic rings.